The van der Waals surface area contributed by atoms with Crippen molar-refractivity contribution in [1.29, 1.82) is 0 Å². The van der Waals surface area contributed by atoms with Crippen molar-refractivity contribution in [3.63, 3.8) is 0 Å². The number of hydrogen-bond donors (Lipinski definition) is 1. The predicted molar refractivity (Wildman–Crippen MR) is 76.2 cm³/mol. The molecule has 3 nitrogen and oxygen atoms in total. The van der Waals surface area contributed by atoms with Crippen LogP contribution in [0.3, 0.4) is 0 Å². The summed E-state index contributed by atoms with van der Waals surface area (Å²) < 4.78 is 26.2. The number of anilines is 1. The first kappa shape index (κ1) is 13.0. The van der Waals surface area contributed by atoms with Crippen LogP contribution in [0.1, 0.15) is 0 Å². The third-order valence-corrected chi connectivity index (χ3v) is 5.04. The second kappa shape index (κ2) is 5.93. The van der Waals surface area contributed by atoms with Crippen LogP contribution in [0.5, 0.6) is 0 Å². The largest absolute Gasteiger partial charge is 0.283 e. The van der Waals surface area contributed by atoms with Crippen molar-refractivity contribution in [2.24, 2.45) is 0 Å². The zero-order valence-corrected chi connectivity index (χ0v) is 11.2. The molecule has 0 unspecified atom stereocenters. The predicted octanol–water partition coefficient (Wildman–Crippen LogP) is 3.18. The van der Waals surface area contributed by atoms with E-state index < -0.39 is 10.0 Å². The van der Waals surface area contributed by atoms with Crippen LogP contribution in [0, 0.1) is 0 Å². The van der Waals surface area contributed by atoms with E-state index in [1.165, 1.54) is 11.8 Å². The lowest BCUT2D eigenvalue weighted by Crippen LogP contribution is -2.14. The molecule has 0 amide bonds. The zero-order valence-electron chi connectivity index (χ0n) is 9.61. The fourth-order valence-corrected chi connectivity index (χ4v) is 3.62. The summed E-state index contributed by atoms with van der Waals surface area (Å²) in [4.78, 5) is 0.941. The van der Waals surface area contributed by atoms with Gasteiger partial charge in [-0.2, -0.15) is 0 Å². The Hall–Kier alpha value is -1.46. The van der Waals surface area contributed by atoms with Crippen molar-refractivity contribution in [3.05, 3.63) is 60.7 Å². The molecule has 0 bridgehead atoms. The molecule has 0 aromatic heterocycles. The Morgan fingerprint density at radius 3 is 2.06 bits per heavy atom. The summed E-state index contributed by atoms with van der Waals surface area (Å²) >= 11 is 1.30. The molecule has 0 fully saturated rings. The van der Waals surface area contributed by atoms with Gasteiger partial charge in [0.1, 0.15) is 5.08 Å². The summed E-state index contributed by atoms with van der Waals surface area (Å²) in [5.74, 6) is 0. The first-order valence-electron chi connectivity index (χ1n) is 5.39. The van der Waals surface area contributed by atoms with Crippen LogP contribution in [-0.2, 0) is 10.0 Å². The maximum Gasteiger partial charge on any atom is 0.242 e. The van der Waals surface area contributed by atoms with Gasteiger partial charge in [0.15, 0.2) is 0 Å². The second-order valence-corrected chi connectivity index (χ2v) is 6.79. The Kier molecular flexibility index (Phi) is 4.28. The number of sulfonamides is 1. The summed E-state index contributed by atoms with van der Waals surface area (Å²) in [7, 11) is -3.32. The molecule has 0 heterocycles. The van der Waals surface area contributed by atoms with Crippen LogP contribution in [-0.4, -0.2) is 13.5 Å². The highest BCUT2D eigenvalue weighted by molar-refractivity contribution is 8.12. The highest BCUT2D eigenvalue weighted by atomic mass is 32.3. The average molecular weight is 279 g/mol. The Morgan fingerprint density at radius 2 is 1.44 bits per heavy atom. The van der Waals surface area contributed by atoms with Gasteiger partial charge in [-0.1, -0.05) is 36.4 Å². The summed E-state index contributed by atoms with van der Waals surface area (Å²) in [6.07, 6.45) is 0. The van der Waals surface area contributed by atoms with E-state index in [0.717, 1.165) is 4.90 Å². The van der Waals surface area contributed by atoms with Gasteiger partial charge in [-0.15, -0.1) is 11.8 Å². The second-order valence-electron chi connectivity index (χ2n) is 3.66. The van der Waals surface area contributed by atoms with E-state index >= 15 is 0 Å². The highest BCUT2D eigenvalue weighted by Gasteiger charge is 2.10. The molecule has 18 heavy (non-hydrogen) atoms. The third-order valence-electron chi connectivity index (χ3n) is 2.17. The van der Waals surface area contributed by atoms with Gasteiger partial charge in [0.05, 0.1) is 0 Å². The summed E-state index contributed by atoms with van der Waals surface area (Å²) in [5, 5.41) is 0.00586. The van der Waals surface area contributed by atoms with Crippen molar-refractivity contribution in [1.82, 2.24) is 0 Å². The maximum absolute atomic E-state index is 11.8. The number of para-hydroxylation sites is 1. The maximum atomic E-state index is 11.8. The molecule has 0 saturated heterocycles. The van der Waals surface area contributed by atoms with Gasteiger partial charge >= 0.3 is 0 Å². The van der Waals surface area contributed by atoms with Gasteiger partial charge < -0.3 is 0 Å². The number of benzene rings is 2. The minimum atomic E-state index is -3.32. The van der Waals surface area contributed by atoms with E-state index in [1.807, 2.05) is 36.4 Å². The van der Waals surface area contributed by atoms with Crippen molar-refractivity contribution in [2.45, 2.75) is 4.90 Å². The molecule has 0 saturated carbocycles. The third kappa shape index (κ3) is 4.09. The molecule has 2 aromatic carbocycles. The number of hydrogen-bond acceptors (Lipinski definition) is 3. The van der Waals surface area contributed by atoms with Gasteiger partial charge in [0, 0.05) is 10.6 Å². The topological polar surface area (TPSA) is 46.2 Å². The fraction of sp³-hybridized carbons (Fsp3) is 0.0769. The first-order valence-corrected chi connectivity index (χ1v) is 8.03. The summed E-state index contributed by atoms with van der Waals surface area (Å²) in [6, 6.07) is 18.3. The van der Waals surface area contributed by atoms with Crippen LogP contribution in [0.25, 0.3) is 0 Å². The van der Waals surface area contributed by atoms with E-state index in [0.29, 0.717) is 5.69 Å². The highest BCUT2D eigenvalue weighted by Crippen LogP contribution is 2.20. The van der Waals surface area contributed by atoms with Crippen molar-refractivity contribution < 1.29 is 8.42 Å². The van der Waals surface area contributed by atoms with Gasteiger partial charge in [-0.05, 0) is 24.3 Å². The number of nitrogens with one attached hydrogen (secondary N) is 1. The molecule has 94 valence electrons. The molecule has 0 aliphatic heterocycles. The normalized spacial score (nSPS) is 11.1. The summed E-state index contributed by atoms with van der Waals surface area (Å²) in [6.45, 7) is 0. The number of rotatable bonds is 5. The Labute approximate surface area is 111 Å². The average Bonchev–Trinajstić information content (AvgIpc) is 2.38. The smallest absolute Gasteiger partial charge is 0.242 e. The van der Waals surface area contributed by atoms with E-state index in [2.05, 4.69) is 4.72 Å². The van der Waals surface area contributed by atoms with E-state index in [4.69, 9.17) is 0 Å². The van der Waals surface area contributed by atoms with E-state index in [1.54, 1.807) is 24.3 Å². The lowest BCUT2D eigenvalue weighted by atomic mass is 10.3. The zero-order chi connectivity index (χ0) is 12.8. The summed E-state index contributed by atoms with van der Waals surface area (Å²) in [5.41, 5.74) is 0.589. The minimum Gasteiger partial charge on any atom is -0.283 e. The monoisotopic (exact) mass is 279 g/mol. The van der Waals surface area contributed by atoms with Gasteiger partial charge in [0.25, 0.3) is 0 Å². The molecule has 2 aromatic rings. The SMILES string of the molecule is O=S(=O)(CSc1ccccc1)Nc1ccccc1. The fourth-order valence-electron chi connectivity index (χ4n) is 1.38. The minimum absolute atomic E-state index is 0.00586. The van der Waals surface area contributed by atoms with Crippen LogP contribution in [0.2, 0.25) is 0 Å². The molecular weight excluding hydrogens is 266 g/mol. The van der Waals surface area contributed by atoms with E-state index in [9.17, 15) is 8.42 Å². The van der Waals surface area contributed by atoms with Gasteiger partial charge in [-0.25, -0.2) is 8.42 Å². The molecule has 5 heteroatoms. The van der Waals surface area contributed by atoms with Crippen LogP contribution in [0.15, 0.2) is 65.6 Å². The Balaban J connectivity index is 1.96. The lowest BCUT2D eigenvalue weighted by Gasteiger charge is -2.07. The Morgan fingerprint density at radius 1 is 0.889 bits per heavy atom. The Bertz CT molecular complexity index is 583. The standard InChI is InChI=1S/C13H13NO2S2/c15-18(16,14-12-7-3-1-4-8-12)11-17-13-9-5-2-6-10-13/h1-10,14H,11H2. The van der Waals surface area contributed by atoms with Crippen LogP contribution in [0.4, 0.5) is 5.69 Å². The van der Waals surface area contributed by atoms with Crippen molar-refractivity contribution in [3.8, 4) is 0 Å². The molecule has 0 radical (unpaired) electrons. The quantitative estimate of drug-likeness (QED) is 0.855. The van der Waals surface area contributed by atoms with Gasteiger partial charge in [-0.3, -0.25) is 4.72 Å². The molecular formula is C13H13NO2S2. The van der Waals surface area contributed by atoms with Crippen molar-refractivity contribution in [2.75, 3.05) is 9.81 Å². The first-order chi connectivity index (χ1) is 8.66. The molecule has 0 atom stereocenters. The molecule has 2 rings (SSSR count). The number of thioether (sulfide) groups is 1. The van der Waals surface area contributed by atoms with Crippen LogP contribution >= 0.6 is 11.8 Å². The van der Waals surface area contributed by atoms with Crippen molar-refractivity contribution >= 4 is 27.5 Å². The molecule has 0 aliphatic rings. The van der Waals surface area contributed by atoms with Crippen LogP contribution < -0.4 is 4.72 Å². The molecule has 1 N–H and O–H groups in total. The lowest BCUT2D eigenvalue weighted by molar-refractivity contribution is 0.606. The van der Waals surface area contributed by atoms with Gasteiger partial charge in [0.2, 0.25) is 10.0 Å². The molecule has 0 spiro atoms. The molecule has 0 aliphatic carbocycles. The van der Waals surface area contributed by atoms with E-state index in [-0.39, 0.29) is 5.08 Å².